The summed E-state index contributed by atoms with van der Waals surface area (Å²) >= 11 is 0. The third kappa shape index (κ3) is 3.48. The molecule has 0 radical (unpaired) electrons. The molecule has 1 N–H and O–H groups in total. The molecule has 4 nitrogen and oxygen atoms in total. The van der Waals surface area contributed by atoms with Gasteiger partial charge < -0.3 is 5.11 Å². The Bertz CT molecular complexity index is 650. The fourth-order valence-corrected chi connectivity index (χ4v) is 3.77. The molecule has 0 saturated carbocycles. The average Bonchev–Trinajstić information content (AvgIpc) is 3.14. The Balaban J connectivity index is 1.84. The largest absolute Gasteiger partial charge is 0.396 e. The molecule has 0 bridgehead atoms. The van der Waals surface area contributed by atoms with Gasteiger partial charge in [0.1, 0.15) is 0 Å². The Labute approximate surface area is 138 Å². The van der Waals surface area contributed by atoms with Crippen LogP contribution < -0.4 is 0 Å². The Morgan fingerprint density at radius 2 is 2.17 bits per heavy atom. The molecule has 1 aromatic heterocycles. The van der Waals surface area contributed by atoms with Gasteiger partial charge in [-0.2, -0.15) is 5.10 Å². The van der Waals surface area contributed by atoms with E-state index in [1.54, 1.807) is 0 Å². The summed E-state index contributed by atoms with van der Waals surface area (Å²) < 4.78 is 1.92. The van der Waals surface area contributed by atoms with Gasteiger partial charge in [-0.05, 0) is 36.8 Å². The van der Waals surface area contributed by atoms with E-state index in [9.17, 15) is 5.11 Å². The van der Waals surface area contributed by atoms with Gasteiger partial charge in [0.25, 0.3) is 0 Å². The minimum absolute atomic E-state index is 0.249. The van der Waals surface area contributed by atoms with E-state index in [0.717, 1.165) is 32.4 Å². The summed E-state index contributed by atoms with van der Waals surface area (Å²) in [6.07, 6.45) is 6.26. The van der Waals surface area contributed by atoms with Gasteiger partial charge in [-0.15, -0.1) is 0 Å². The van der Waals surface area contributed by atoms with E-state index in [2.05, 4.69) is 47.4 Å². The summed E-state index contributed by atoms with van der Waals surface area (Å²) in [7, 11) is 1.99. The van der Waals surface area contributed by atoms with Gasteiger partial charge in [-0.25, -0.2) is 0 Å². The number of benzene rings is 1. The lowest BCUT2D eigenvalue weighted by molar-refractivity contribution is 0.165. The Hall–Kier alpha value is -1.65. The summed E-state index contributed by atoms with van der Waals surface area (Å²) in [5.74, 6) is 0. The van der Waals surface area contributed by atoms with Crippen LogP contribution in [0.5, 0.6) is 0 Å². The van der Waals surface area contributed by atoms with Gasteiger partial charge in [-0.1, -0.05) is 31.2 Å². The fraction of sp³-hybridized carbons (Fsp3) is 0.526. The third-order valence-corrected chi connectivity index (χ3v) is 4.85. The van der Waals surface area contributed by atoms with Crippen molar-refractivity contribution in [3.05, 3.63) is 52.8 Å². The van der Waals surface area contributed by atoms with Crippen LogP contribution >= 0.6 is 0 Å². The van der Waals surface area contributed by atoms with Crippen LogP contribution in [-0.2, 0) is 26.4 Å². The summed E-state index contributed by atoms with van der Waals surface area (Å²) in [6, 6.07) is 9.25. The Morgan fingerprint density at radius 1 is 1.35 bits per heavy atom. The molecule has 0 amide bonds. The maximum Gasteiger partial charge on any atom is 0.0666 e. The molecule has 1 atom stereocenters. The molecule has 23 heavy (non-hydrogen) atoms. The first-order valence-electron chi connectivity index (χ1n) is 8.67. The molecule has 1 aromatic carbocycles. The van der Waals surface area contributed by atoms with Gasteiger partial charge in [-0.3, -0.25) is 9.58 Å². The monoisotopic (exact) mass is 313 g/mol. The number of aliphatic hydroxyl groups is 1. The molecule has 1 aliphatic rings. The molecule has 0 aliphatic heterocycles. The zero-order valence-corrected chi connectivity index (χ0v) is 14.2. The van der Waals surface area contributed by atoms with E-state index in [4.69, 9.17) is 0 Å². The van der Waals surface area contributed by atoms with E-state index in [0.29, 0.717) is 6.04 Å². The number of hydrogen-bond donors (Lipinski definition) is 1. The van der Waals surface area contributed by atoms with Crippen LogP contribution in [0, 0.1) is 0 Å². The van der Waals surface area contributed by atoms with Gasteiger partial charge >= 0.3 is 0 Å². The Kier molecular flexibility index (Phi) is 5.13. The van der Waals surface area contributed by atoms with Crippen LogP contribution in [0.2, 0.25) is 0 Å². The highest BCUT2D eigenvalue weighted by molar-refractivity contribution is 5.34. The number of hydrogen-bond acceptors (Lipinski definition) is 3. The Morgan fingerprint density at radius 3 is 2.96 bits per heavy atom. The van der Waals surface area contributed by atoms with E-state index < -0.39 is 0 Å². The number of aryl methyl sites for hydroxylation is 3. The van der Waals surface area contributed by atoms with Crippen LogP contribution in [0.15, 0.2) is 30.5 Å². The second kappa shape index (κ2) is 7.28. The molecule has 0 spiro atoms. The zero-order valence-electron chi connectivity index (χ0n) is 14.2. The quantitative estimate of drug-likeness (QED) is 0.854. The molecule has 0 fully saturated rings. The minimum atomic E-state index is 0.249. The van der Waals surface area contributed by atoms with E-state index in [-0.39, 0.29) is 6.61 Å². The maximum absolute atomic E-state index is 9.28. The van der Waals surface area contributed by atoms with Crippen molar-refractivity contribution < 1.29 is 5.11 Å². The number of aliphatic hydroxyl groups excluding tert-OH is 1. The fourth-order valence-electron chi connectivity index (χ4n) is 3.77. The first-order chi connectivity index (χ1) is 11.2. The minimum Gasteiger partial charge on any atom is -0.396 e. The maximum atomic E-state index is 9.28. The molecule has 0 saturated heterocycles. The van der Waals surface area contributed by atoms with Crippen LogP contribution in [-0.4, -0.2) is 32.9 Å². The van der Waals surface area contributed by atoms with E-state index in [1.807, 2.05) is 11.7 Å². The zero-order chi connectivity index (χ0) is 16.2. The standard InChI is InChI=1S/C19H27N3O/c1-3-18-16(13-21(2)20-18)14-22(11-6-12-23)19-10-9-15-7-4-5-8-17(15)19/h4-5,7-8,13,19,23H,3,6,9-12,14H2,1-2H3. The van der Waals surface area contributed by atoms with Gasteiger partial charge in [0, 0.05) is 44.5 Å². The number of nitrogens with zero attached hydrogens (tertiary/aromatic N) is 3. The third-order valence-electron chi connectivity index (χ3n) is 4.85. The second-order valence-corrected chi connectivity index (χ2v) is 6.43. The van der Waals surface area contributed by atoms with Crippen molar-refractivity contribution in [3.63, 3.8) is 0 Å². The highest BCUT2D eigenvalue weighted by Crippen LogP contribution is 2.36. The van der Waals surface area contributed by atoms with Crippen LogP contribution in [0.1, 0.15) is 48.2 Å². The van der Waals surface area contributed by atoms with Crippen LogP contribution in [0.3, 0.4) is 0 Å². The van der Waals surface area contributed by atoms with Gasteiger partial charge in [0.2, 0.25) is 0 Å². The molecule has 124 valence electrons. The van der Waals surface area contributed by atoms with Gasteiger partial charge in [0.15, 0.2) is 0 Å². The second-order valence-electron chi connectivity index (χ2n) is 6.43. The van der Waals surface area contributed by atoms with E-state index >= 15 is 0 Å². The van der Waals surface area contributed by atoms with Crippen molar-refractivity contribution in [1.29, 1.82) is 0 Å². The van der Waals surface area contributed by atoms with Gasteiger partial charge in [0.05, 0.1) is 5.69 Å². The molecule has 1 unspecified atom stereocenters. The summed E-state index contributed by atoms with van der Waals surface area (Å²) in [5.41, 5.74) is 5.45. The first-order valence-corrected chi connectivity index (χ1v) is 8.67. The smallest absolute Gasteiger partial charge is 0.0666 e. The summed E-state index contributed by atoms with van der Waals surface area (Å²) in [4.78, 5) is 2.53. The molecule has 1 heterocycles. The van der Waals surface area contributed by atoms with Crippen molar-refractivity contribution in [2.45, 2.75) is 45.2 Å². The predicted molar refractivity (Wildman–Crippen MR) is 92.2 cm³/mol. The topological polar surface area (TPSA) is 41.3 Å². The lowest BCUT2D eigenvalue weighted by Gasteiger charge is -2.29. The van der Waals surface area contributed by atoms with Crippen LogP contribution in [0.25, 0.3) is 0 Å². The SMILES string of the molecule is CCc1nn(C)cc1CN(CCCO)C1CCc2ccccc21. The lowest BCUT2D eigenvalue weighted by atomic mass is 10.1. The highest BCUT2D eigenvalue weighted by Gasteiger charge is 2.28. The van der Waals surface area contributed by atoms with Crippen molar-refractivity contribution in [2.75, 3.05) is 13.2 Å². The number of rotatable bonds is 7. The lowest BCUT2D eigenvalue weighted by Crippen LogP contribution is -2.29. The first kappa shape index (κ1) is 16.2. The molecule has 3 rings (SSSR count). The average molecular weight is 313 g/mol. The predicted octanol–water partition coefficient (Wildman–Crippen LogP) is 2.85. The molecule has 4 heteroatoms. The molecule has 1 aliphatic carbocycles. The van der Waals surface area contributed by atoms with Crippen molar-refractivity contribution in [3.8, 4) is 0 Å². The molecular formula is C19H27N3O. The van der Waals surface area contributed by atoms with Crippen LogP contribution in [0.4, 0.5) is 0 Å². The highest BCUT2D eigenvalue weighted by atomic mass is 16.3. The molecular weight excluding hydrogens is 286 g/mol. The number of fused-ring (bicyclic) bond motifs is 1. The van der Waals surface area contributed by atoms with Crippen molar-refractivity contribution >= 4 is 0 Å². The normalized spacial score (nSPS) is 17.0. The van der Waals surface area contributed by atoms with Crippen molar-refractivity contribution in [2.24, 2.45) is 7.05 Å². The summed E-state index contributed by atoms with van der Waals surface area (Å²) in [6.45, 7) is 4.25. The summed E-state index contributed by atoms with van der Waals surface area (Å²) in [5, 5.41) is 13.9. The number of aromatic nitrogens is 2. The van der Waals surface area contributed by atoms with Crippen molar-refractivity contribution in [1.82, 2.24) is 14.7 Å². The van der Waals surface area contributed by atoms with E-state index in [1.165, 1.54) is 28.8 Å². The molecule has 2 aromatic rings.